The Kier molecular flexibility index (Phi) is 37.9. The second-order valence-electron chi connectivity index (χ2n) is 31.5. The van der Waals surface area contributed by atoms with Gasteiger partial charge >= 0.3 is 5.97 Å². The van der Waals surface area contributed by atoms with E-state index in [1.54, 1.807) is 105 Å². The van der Waals surface area contributed by atoms with Crippen LogP contribution < -0.4 is 86.3 Å². The number of primary amides is 2. The number of nitrogens with two attached hydrogens (primary N) is 3. The number of amides is 17. The van der Waals surface area contributed by atoms with Gasteiger partial charge in [-0.3, -0.25) is 91.7 Å². The Morgan fingerprint density at radius 2 is 0.992 bits per heavy atom. The molecule has 3 aromatic heterocycles. The molecule has 3 aliphatic rings. The molecule has 0 saturated carbocycles. The summed E-state index contributed by atoms with van der Waals surface area (Å²) >= 11 is 2.96. The Hall–Kier alpha value is -13.3. The number of aliphatic carboxylic acids is 1. The number of nitrogens with zero attached hydrogens (tertiary/aromatic N) is 4. The Morgan fingerprint density at radius 3 is 1.53 bits per heavy atom. The topological polar surface area (TPSA) is 656 Å². The number of para-hydroxylation sites is 2. The fraction of sp³-hybridized carbons (Fsp3) is 0.470. The predicted octanol–water partition coefficient (Wildman–Crippen LogP) is -3.58. The molecule has 0 radical (unpaired) electrons. The second-order valence-corrected chi connectivity index (χ2v) is 35.0. The molecular formula is C83H110N24O19S3. The molecule has 24 N–H and O–H groups in total. The maximum absolute atomic E-state index is 15.5. The van der Waals surface area contributed by atoms with Crippen LogP contribution in [0, 0.1) is 11.3 Å². The standard InChI is InChI=1S/C83H110N24O19S3/c1-45(2)28-57-75(119)97-56(19-20-71(114)115)74(118)102-62(33-66(84)109)80(124)104-65-40-129-27-23-70(113)107-43-105(42-106(44-107)69(112)22-26-128-39-64(94-46(3)108)81(125)101-61(32-50-36-88-41-93-50)79(123)99-60(78(122)98-57)31-49-35-91-54-17-10-8-15-52(49)54)68(111)21-25-127-38-63(72(85)116)103-76(120)58(29-47-12-5-4-6-13-47)95-67(110)37-92-73(117)55(18-11-24-89-83(86)87)96-77(121)59(100-82(65)126)30-48-34-90-53-16-9-7-14-51(48)53/h4-10,12-17,34-36,41,45,55-65,90-91H,11,18-33,37-40,42-44H2,1-3H3,(H2,84,109)(H2,85,116)(H,88,93)(H,92,117)(H,94,108)(H,95,110)(H,96,121)(H,97,119)(H,98,122)(H,99,123)(H,100,126)(H,101,125)(H,102,118)(H,103,120)(H,104,124)(H,114,115)(H4,86,87,89)/t55-,56-,57-,58-,59-,60-,61-,62-,63-,64-,65+/m0/s1. The number of nitrogens with one attached hydrogen (secondary N) is 17. The number of aromatic amines is 3. The first kappa shape index (κ1) is 99.5. The third kappa shape index (κ3) is 31.3. The van der Waals surface area contributed by atoms with Crippen molar-refractivity contribution >= 4 is 169 Å². The van der Waals surface area contributed by atoms with Crippen LogP contribution in [-0.4, -0.2) is 286 Å². The molecule has 6 aromatic rings. The lowest BCUT2D eigenvalue weighted by molar-refractivity contribution is -0.158. The van der Waals surface area contributed by atoms with Gasteiger partial charge < -0.3 is 121 Å². The van der Waals surface area contributed by atoms with E-state index in [2.05, 4.69) is 89.1 Å². The van der Waals surface area contributed by atoms with Gasteiger partial charge in [-0.15, -0.1) is 0 Å². The molecule has 3 aromatic carbocycles. The number of carbonyl (C=O) groups is 18. The van der Waals surface area contributed by atoms with Gasteiger partial charge in [0.05, 0.1) is 45.0 Å². The average molecular weight is 1840 g/mol. The van der Waals surface area contributed by atoms with E-state index in [-0.39, 0.29) is 105 Å². The highest BCUT2D eigenvalue weighted by atomic mass is 32.2. The lowest BCUT2D eigenvalue weighted by Gasteiger charge is -2.42. The molecule has 6 heterocycles. The summed E-state index contributed by atoms with van der Waals surface area (Å²) in [5.41, 5.74) is 20.2. The Bertz CT molecular complexity index is 5040. The van der Waals surface area contributed by atoms with E-state index in [0.29, 0.717) is 38.5 Å². The molecule has 17 amide bonds. The number of hydrogen-bond donors (Lipinski definition) is 21. The van der Waals surface area contributed by atoms with Gasteiger partial charge in [0.1, 0.15) is 66.5 Å². The number of carbonyl (C=O) groups excluding carboxylic acids is 17. The molecule has 129 heavy (non-hydrogen) atoms. The number of hydrogen-bond acceptors (Lipinski definition) is 23. The second kappa shape index (κ2) is 49.2. The summed E-state index contributed by atoms with van der Waals surface area (Å²) < 4.78 is 0. The van der Waals surface area contributed by atoms with Crippen LogP contribution in [0.25, 0.3) is 21.8 Å². The van der Waals surface area contributed by atoms with E-state index in [4.69, 9.17) is 22.6 Å². The highest BCUT2D eigenvalue weighted by molar-refractivity contribution is 7.99. The summed E-state index contributed by atoms with van der Waals surface area (Å²) in [6.45, 7) is 2.55. The van der Waals surface area contributed by atoms with Crippen molar-refractivity contribution in [2.75, 3.05) is 67.6 Å². The highest BCUT2D eigenvalue weighted by Gasteiger charge is 2.40. The molecule has 11 atom stereocenters. The lowest BCUT2D eigenvalue weighted by Crippen LogP contribution is -2.61. The van der Waals surface area contributed by atoms with Crippen molar-refractivity contribution in [1.82, 2.24) is 104 Å². The number of aromatic nitrogens is 4. The van der Waals surface area contributed by atoms with Crippen LogP contribution in [0.3, 0.4) is 0 Å². The quantitative estimate of drug-likeness (QED) is 0.0188. The van der Waals surface area contributed by atoms with E-state index >= 15 is 24.0 Å². The van der Waals surface area contributed by atoms with Crippen molar-refractivity contribution in [2.24, 2.45) is 23.1 Å². The Morgan fingerprint density at radius 1 is 0.519 bits per heavy atom. The number of H-pyrrole nitrogens is 3. The normalized spacial score (nSPS) is 23.2. The van der Waals surface area contributed by atoms with Crippen LogP contribution >= 0.6 is 35.3 Å². The van der Waals surface area contributed by atoms with Crippen LogP contribution in [0.5, 0.6) is 0 Å². The van der Waals surface area contributed by atoms with Gasteiger partial charge in [-0.05, 0) is 60.4 Å². The van der Waals surface area contributed by atoms with Gasteiger partial charge in [0.15, 0.2) is 5.96 Å². The zero-order valence-electron chi connectivity index (χ0n) is 71.3. The van der Waals surface area contributed by atoms with Gasteiger partial charge in [0.2, 0.25) is 100 Å². The minimum atomic E-state index is -2.07. The molecular weight excluding hydrogens is 1730 g/mol. The molecule has 4 bridgehead atoms. The van der Waals surface area contributed by atoms with Gasteiger partial charge in [-0.1, -0.05) is 80.6 Å². The van der Waals surface area contributed by atoms with E-state index in [1.165, 1.54) is 27.2 Å². The lowest BCUT2D eigenvalue weighted by atomic mass is 9.99. The van der Waals surface area contributed by atoms with E-state index < -0.39 is 236 Å². The van der Waals surface area contributed by atoms with Crippen molar-refractivity contribution in [2.45, 2.75) is 171 Å². The maximum atomic E-state index is 15.5. The van der Waals surface area contributed by atoms with Crippen LogP contribution in [0.1, 0.15) is 101 Å². The molecule has 43 nitrogen and oxygen atoms in total. The summed E-state index contributed by atoms with van der Waals surface area (Å²) in [6, 6.07) is 4.23. The molecule has 3 saturated heterocycles. The zero-order valence-corrected chi connectivity index (χ0v) is 73.7. The van der Waals surface area contributed by atoms with Crippen LogP contribution in [0.4, 0.5) is 0 Å². The van der Waals surface area contributed by atoms with E-state index in [1.807, 2.05) is 0 Å². The fourth-order valence-corrected chi connectivity index (χ4v) is 17.2. The van der Waals surface area contributed by atoms with Gasteiger partial charge in [0, 0.05) is 140 Å². The third-order valence-corrected chi connectivity index (χ3v) is 24.2. The summed E-state index contributed by atoms with van der Waals surface area (Å²) in [5, 5.41) is 52.9. The molecule has 694 valence electrons. The van der Waals surface area contributed by atoms with Crippen LogP contribution in [0.2, 0.25) is 0 Å². The van der Waals surface area contributed by atoms with Gasteiger partial charge in [-0.2, -0.15) is 35.3 Å². The number of thioether (sulfide) groups is 3. The number of guanidine groups is 1. The zero-order chi connectivity index (χ0) is 93.4. The van der Waals surface area contributed by atoms with Crippen LogP contribution in [-0.2, 0) is 112 Å². The third-order valence-electron chi connectivity index (χ3n) is 21.0. The van der Waals surface area contributed by atoms with E-state index in [9.17, 15) is 67.4 Å². The van der Waals surface area contributed by atoms with Crippen molar-refractivity contribution in [3.05, 3.63) is 126 Å². The largest absolute Gasteiger partial charge is 0.481 e. The predicted molar refractivity (Wildman–Crippen MR) is 476 cm³/mol. The van der Waals surface area contributed by atoms with Gasteiger partial charge in [-0.25, -0.2) is 4.98 Å². The SMILES string of the molecule is CC(=O)N[C@H]1CSCCC(=O)N2CN3CN(C2)C(=O)CCSC[C@@H](NC(=O)[C@H](CC(N)=O)NC(=O)[C@H](CCC(=O)O)NC(=O)[C@H](CC(C)C)NC(=O)[C@H](Cc2c[nH]c4ccccc24)NC(=O)[C@H](Cc2c[nH]cn2)NC1=O)C(=O)N[C@@H](Cc1c[nH]c2ccccc12)C(=O)N[C@@H](CCCNC(=N)N)C(=O)NCC(=O)N[C@@H](Cc1ccccc1)C(=O)N[C@H](C(N)=O)CSCCC3=O. The molecule has 46 heteroatoms. The number of benzene rings is 3. The average Bonchev–Trinajstić information content (AvgIpc) is 1.61. The maximum Gasteiger partial charge on any atom is 0.303 e. The molecule has 3 fully saturated rings. The fourth-order valence-electron chi connectivity index (χ4n) is 14.4. The Labute approximate surface area is 753 Å². The monoisotopic (exact) mass is 1840 g/mol. The van der Waals surface area contributed by atoms with E-state index in [0.717, 1.165) is 42.2 Å². The van der Waals surface area contributed by atoms with Crippen molar-refractivity contribution in [1.29, 1.82) is 5.41 Å². The smallest absolute Gasteiger partial charge is 0.303 e. The minimum Gasteiger partial charge on any atom is -0.481 e. The summed E-state index contributed by atoms with van der Waals surface area (Å²) in [4.78, 5) is 276. The first-order chi connectivity index (χ1) is 61.6. The molecule has 9 rings (SSSR count). The molecule has 3 aliphatic heterocycles. The minimum absolute atomic E-state index is 0.0167. The number of rotatable bonds is 21. The Balaban J connectivity index is 1.12. The van der Waals surface area contributed by atoms with Crippen molar-refractivity contribution < 1.29 is 91.4 Å². The number of imidazole rings is 1. The molecule has 0 aliphatic carbocycles. The summed E-state index contributed by atoms with van der Waals surface area (Å²) in [6.07, 6.45) is 0.937. The first-order valence-corrected chi connectivity index (χ1v) is 45.2. The number of carboxylic acid groups (broad SMARTS) is 1. The molecule has 0 spiro atoms. The summed E-state index contributed by atoms with van der Waals surface area (Å²) in [7, 11) is 0. The first-order valence-electron chi connectivity index (χ1n) is 41.8. The number of carboxylic acids is 1. The molecule has 0 unspecified atom stereocenters. The van der Waals surface area contributed by atoms with Crippen molar-refractivity contribution in [3.63, 3.8) is 0 Å². The summed E-state index contributed by atoms with van der Waals surface area (Å²) in [5.74, 6) is -19.7. The van der Waals surface area contributed by atoms with Crippen molar-refractivity contribution in [3.8, 4) is 0 Å². The van der Waals surface area contributed by atoms with Gasteiger partial charge in [0.25, 0.3) is 0 Å². The van der Waals surface area contributed by atoms with Crippen LogP contribution in [0.15, 0.2) is 104 Å². The number of fused-ring (bicyclic) bond motifs is 9. The highest BCUT2D eigenvalue weighted by Crippen LogP contribution is 2.24.